The number of rotatable bonds is 19. The Morgan fingerprint density at radius 2 is 1.05 bits per heavy atom. The minimum absolute atomic E-state index is 0.910. The van der Waals surface area contributed by atoms with E-state index in [1.165, 1.54) is 84.8 Å². The van der Waals surface area contributed by atoms with E-state index < -0.39 is 0 Å². The highest BCUT2D eigenvalue weighted by molar-refractivity contribution is 14.1. The standard InChI is InChI=1S/C34H47IN2O2/c1-4-5-9-24-36(27-29-12-20-33(38-2)21-13-29)25-10-7-6-8-11-26-37(32-18-16-31(35)17-19-32)28-30-14-22-34(39-3)23-15-30/h12-23H,4-11,24-28H2,1-3H3. The van der Waals surface area contributed by atoms with Crippen LogP contribution in [0.25, 0.3) is 0 Å². The van der Waals surface area contributed by atoms with E-state index >= 15 is 0 Å². The monoisotopic (exact) mass is 642 g/mol. The maximum Gasteiger partial charge on any atom is 0.118 e. The molecule has 0 aliphatic heterocycles. The fourth-order valence-corrected chi connectivity index (χ4v) is 5.28. The van der Waals surface area contributed by atoms with Crippen LogP contribution in [-0.2, 0) is 13.1 Å². The Bertz CT molecular complexity index is 1040. The van der Waals surface area contributed by atoms with Crippen LogP contribution in [0.1, 0.15) is 69.4 Å². The van der Waals surface area contributed by atoms with Crippen molar-refractivity contribution in [3.63, 3.8) is 0 Å². The molecule has 0 amide bonds. The van der Waals surface area contributed by atoms with Gasteiger partial charge in [0.2, 0.25) is 0 Å². The summed E-state index contributed by atoms with van der Waals surface area (Å²) in [5.74, 6) is 1.84. The fourth-order valence-electron chi connectivity index (χ4n) is 4.92. The number of hydrogen-bond donors (Lipinski definition) is 0. The highest BCUT2D eigenvalue weighted by atomic mass is 127. The largest absolute Gasteiger partial charge is 0.497 e. The molecule has 39 heavy (non-hydrogen) atoms. The first-order valence-electron chi connectivity index (χ1n) is 14.6. The number of ether oxygens (including phenoxy) is 2. The molecule has 0 aromatic heterocycles. The van der Waals surface area contributed by atoms with Gasteiger partial charge in [0.05, 0.1) is 14.2 Å². The molecule has 3 aromatic rings. The summed E-state index contributed by atoms with van der Waals surface area (Å²) in [4.78, 5) is 5.16. The van der Waals surface area contributed by atoms with E-state index in [2.05, 4.69) is 112 Å². The lowest BCUT2D eigenvalue weighted by Crippen LogP contribution is -2.25. The quantitative estimate of drug-likeness (QED) is 0.0963. The summed E-state index contributed by atoms with van der Waals surface area (Å²) < 4.78 is 11.9. The minimum atomic E-state index is 0.910. The predicted octanol–water partition coefficient (Wildman–Crippen LogP) is 8.96. The van der Waals surface area contributed by atoms with Gasteiger partial charge in [-0.05, 0) is 115 Å². The molecule has 0 bridgehead atoms. The highest BCUT2D eigenvalue weighted by Crippen LogP contribution is 2.22. The van der Waals surface area contributed by atoms with Gasteiger partial charge in [-0.25, -0.2) is 0 Å². The number of hydrogen-bond acceptors (Lipinski definition) is 4. The van der Waals surface area contributed by atoms with Crippen molar-refractivity contribution in [1.29, 1.82) is 0 Å². The zero-order chi connectivity index (χ0) is 27.7. The molecule has 212 valence electrons. The van der Waals surface area contributed by atoms with Crippen LogP contribution in [0.2, 0.25) is 0 Å². The van der Waals surface area contributed by atoms with Gasteiger partial charge in [-0.3, -0.25) is 4.90 Å². The Balaban J connectivity index is 1.43. The van der Waals surface area contributed by atoms with E-state index in [0.29, 0.717) is 0 Å². The van der Waals surface area contributed by atoms with E-state index in [1.54, 1.807) is 14.2 Å². The lowest BCUT2D eigenvalue weighted by atomic mass is 10.1. The molecule has 0 N–H and O–H groups in total. The third-order valence-corrected chi connectivity index (χ3v) is 7.99. The number of methoxy groups -OCH3 is 2. The Kier molecular flexibility index (Phi) is 14.6. The molecule has 0 fully saturated rings. The second-order valence-corrected chi connectivity index (χ2v) is 11.6. The Morgan fingerprint density at radius 1 is 0.564 bits per heavy atom. The van der Waals surface area contributed by atoms with Crippen molar-refractivity contribution in [1.82, 2.24) is 4.90 Å². The molecule has 3 aromatic carbocycles. The zero-order valence-electron chi connectivity index (χ0n) is 24.2. The van der Waals surface area contributed by atoms with Crippen molar-refractivity contribution in [3.05, 3.63) is 87.5 Å². The van der Waals surface area contributed by atoms with Gasteiger partial charge in [0.1, 0.15) is 11.5 Å². The number of halogens is 1. The molecular weight excluding hydrogens is 595 g/mol. The average Bonchev–Trinajstić information content (AvgIpc) is 2.97. The van der Waals surface area contributed by atoms with Gasteiger partial charge in [0, 0.05) is 28.9 Å². The van der Waals surface area contributed by atoms with Gasteiger partial charge < -0.3 is 14.4 Å². The summed E-state index contributed by atoms with van der Waals surface area (Å²) in [6, 6.07) is 25.9. The summed E-state index contributed by atoms with van der Waals surface area (Å²) in [5, 5.41) is 0. The van der Waals surface area contributed by atoms with Gasteiger partial charge in [-0.2, -0.15) is 0 Å². The van der Waals surface area contributed by atoms with Crippen LogP contribution in [0.15, 0.2) is 72.8 Å². The van der Waals surface area contributed by atoms with E-state index in [9.17, 15) is 0 Å². The molecule has 5 heteroatoms. The fraction of sp³-hybridized carbons (Fsp3) is 0.471. The average molecular weight is 643 g/mol. The van der Waals surface area contributed by atoms with E-state index in [4.69, 9.17) is 9.47 Å². The molecule has 0 aliphatic rings. The molecule has 4 nitrogen and oxygen atoms in total. The van der Waals surface area contributed by atoms with Gasteiger partial charge in [0.25, 0.3) is 0 Å². The maximum absolute atomic E-state index is 5.34. The van der Waals surface area contributed by atoms with E-state index in [0.717, 1.165) is 31.1 Å². The minimum Gasteiger partial charge on any atom is -0.497 e. The van der Waals surface area contributed by atoms with Gasteiger partial charge >= 0.3 is 0 Å². The van der Waals surface area contributed by atoms with Crippen LogP contribution in [0, 0.1) is 3.57 Å². The number of anilines is 1. The molecule has 0 unspecified atom stereocenters. The SMILES string of the molecule is CCCCCN(CCCCCCCN(Cc1ccc(OC)cc1)c1ccc(I)cc1)Cc1ccc(OC)cc1. The first-order valence-corrected chi connectivity index (χ1v) is 15.7. The van der Waals surface area contributed by atoms with Crippen molar-refractivity contribution in [2.45, 2.75) is 71.4 Å². The molecule has 0 spiro atoms. The summed E-state index contributed by atoms with van der Waals surface area (Å²) in [5.41, 5.74) is 3.99. The van der Waals surface area contributed by atoms with Gasteiger partial charge in [-0.15, -0.1) is 0 Å². The van der Waals surface area contributed by atoms with Gasteiger partial charge in [-0.1, -0.05) is 63.3 Å². The van der Waals surface area contributed by atoms with Crippen LogP contribution in [0.4, 0.5) is 5.69 Å². The number of unbranched alkanes of at least 4 members (excludes halogenated alkanes) is 6. The van der Waals surface area contributed by atoms with Gasteiger partial charge in [0.15, 0.2) is 0 Å². The normalized spacial score (nSPS) is 11.1. The highest BCUT2D eigenvalue weighted by Gasteiger charge is 2.09. The topological polar surface area (TPSA) is 24.9 Å². The van der Waals surface area contributed by atoms with E-state index in [-0.39, 0.29) is 0 Å². The molecule has 3 rings (SSSR count). The Labute approximate surface area is 250 Å². The van der Waals surface area contributed by atoms with Crippen molar-refractivity contribution >= 4 is 28.3 Å². The lowest BCUT2D eigenvalue weighted by Gasteiger charge is -2.25. The number of nitrogens with zero attached hydrogens (tertiary/aromatic N) is 2. The zero-order valence-corrected chi connectivity index (χ0v) is 26.4. The molecule has 0 heterocycles. The molecule has 0 radical (unpaired) electrons. The first kappa shape index (κ1) is 31.3. The Morgan fingerprint density at radius 3 is 1.59 bits per heavy atom. The molecule has 0 atom stereocenters. The van der Waals surface area contributed by atoms with Crippen molar-refractivity contribution in [3.8, 4) is 11.5 Å². The summed E-state index contributed by atoms with van der Waals surface area (Å²) >= 11 is 2.38. The van der Waals surface area contributed by atoms with Crippen LogP contribution >= 0.6 is 22.6 Å². The second kappa shape index (κ2) is 18.2. The third-order valence-electron chi connectivity index (χ3n) is 7.27. The predicted molar refractivity (Wildman–Crippen MR) is 174 cm³/mol. The van der Waals surface area contributed by atoms with Crippen molar-refractivity contribution < 1.29 is 9.47 Å². The number of benzene rings is 3. The third kappa shape index (κ3) is 11.8. The van der Waals surface area contributed by atoms with Crippen LogP contribution in [0.3, 0.4) is 0 Å². The van der Waals surface area contributed by atoms with Crippen molar-refractivity contribution in [2.75, 3.05) is 38.8 Å². The second-order valence-electron chi connectivity index (χ2n) is 10.3. The maximum atomic E-state index is 5.34. The molecular formula is C34H47IN2O2. The van der Waals surface area contributed by atoms with Crippen LogP contribution in [-0.4, -0.2) is 38.8 Å². The summed E-state index contributed by atoms with van der Waals surface area (Å²) in [7, 11) is 3.45. The first-order chi connectivity index (χ1) is 19.1. The summed E-state index contributed by atoms with van der Waals surface area (Å²) in [6.45, 7) is 7.68. The van der Waals surface area contributed by atoms with Crippen LogP contribution < -0.4 is 14.4 Å². The lowest BCUT2D eigenvalue weighted by molar-refractivity contribution is 0.253. The molecule has 0 saturated carbocycles. The molecule has 0 aliphatic carbocycles. The van der Waals surface area contributed by atoms with Crippen LogP contribution in [0.5, 0.6) is 11.5 Å². The smallest absolute Gasteiger partial charge is 0.118 e. The Hall–Kier alpha value is -2.25. The molecule has 0 saturated heterocycles. The van der Waals surface area contributed by atoms with E-state index in [1.807, 2.05) is 0 Å². The van der Waals surface area contributed by atoms with Crippen molar-refractivity contribution in [2.24, 2.45) is 0 Å². The summed E-state index contributed by atoms with van der Waals surface area (Å²) in [6.07, 6.45) is 10.2.